The SMILES string of the molecule is CC(=O)C(=C(C)N)c1cnc2c(-c3cnn(C)c3)nn(CC3CCC(C)(F)CC3)c2c1. The van der Waals surface area contributed by atoms with Crippen LogP contribution in [0.4, 0.5) is 4.39 Å². The Kier molecular flexibility index (Phi) is 5.41. The molecule has 0 saturated heterocycles. The molecule has 0 radical (unpaired) electrons. The topological polar surface area (TPSA) is 91.6 Å². The van der Waals surface area contributed by atoms with Gasteiger partial charge in [0.15, 0.2) is 5.78 Å². The lowest BCUT2D eigenvalue weighted by Gasteiger charge is -2.31. The van der Waals surface area contributed by atoms with Gasteiger partial charge in [-0.15, -0.1) is 0 Å². The zero-order chi connectivity index (χ0) is 22.3. The maximum absolute atomic E-state index is 14.3. The van der Waals surface area contributed by atoms with Gasteiger partial charge in [0.1, 0.15) is 16.9 Å². The fraction of sp³-hybridized carbons (Fsp3) is 0.478. The van der Waals surface area contributed by atoms with Gasteiger partial charge in [-0.3, -0.25) is 19.1 Å². The fourth-order valence-electron chi connectivity index (χ4n) is 4.48. The summed E-state index contributed by atoms with van der Waals surface area (Å²) in [5.74, 6) is 0.241. The van der Waals surface area contributed by atoms with E-state index in [9.17, 15) is 9.18 Å². The number of alkyl halides is 1. The van der Waals surface area contributed by atoms with Crippen LogP contribution in [0, 0.1) is 5.92 Å². The first kappa shape index (κ1) is 21.2. The molecule has 0 atom stereocenters. The van der Waals surface area contributed by atoms with Crippen LogP contribution in [-0.2, 0) is 18.4 Å². The molecule has 3 aromatic heterocycles. The molecule has 3 heterocycles. The summed E-state index contributed by atoms with van der Waals surface area (Å²) in [5, 5.41) is 9.13. The van der Waals surface area contributed by atoms with Crippen molar-refractivity contribution in [3.8, 4) is 11.3 Å². The Labute approximate surface area is 181 Å². The average molecular weight is 425 g/mol. The minimum absolute atomic E-state index is 0.103. The van der Waals surface area contributed by atoms with Crippen molar-refractivity contribution in [2.24, 2.45) is 18.7 Å². The van der Waals surface area contributed by atoms with E-state index in [4.69, 9.17) is 10.8 Å². The maximum atomic E-state index is 14.3. The highest BCUT2D eigenvalue weighted by Crippen LogP contribution is 2.36. The first-order chi connectivity index (χ1) is 14.6. The number of fused-ring (bicyclic) bond motifs is 1. The molecule has 1 aliphatic carbocycles. The molecule has 7 nitrogen and oxygen atoms in total. The van der Waals surface area contributed by atoms with Crippen LogP contribution in [0.3, 0.4) is 0 Å². The molecule has 0 bridgehead atoms. The van der Waals surface area contributed by atoms with Crippen molar-refractivity contribution in [1.82, 2.24) is 24.5 Å². The summed E-state index contributed by atoms with van der Waals surface area (Å²) in [5.41, 5.74) is 9.74. The summed E-state index contributed by atoms with van der Waals surface area (Å²) < 4.78 is 17.9. The number of carbonyl (C=O) groups is 1. The van der Waals surface area contributed by atoms with Crippen molar-refractivity contribution >= 4 is 22.4 Å². The molecule has 0 aliphatic heterocycles. The molecule has 1 saturated carbocycles. The van der Waals surface area contributed by atoms with E-state index in [2.05, 4.69) is 10.1 Å². The number of carbonyl (C=O) groups excluding carboxylic acids is 1. The van der Waals surface area contributed by atoms with Crippen molar-refractivity contribution in [1.29, 1.82) is 0 Å². The Morgan fingerprint density at radius 2 is 2.00 bits per heavy atom. The first-order valence-electron chi connectivity index (χ1n) is 10.7. The van der Waals surface area contributed by atoms with Crippen LogP contribution in [-0.4, -0.2) is 36.0 Å². The van der Waals surface area contributed by atoms with Gasteiger partial charge in [0.2, 0.25) is 0 Å². The number of allylic oxidation sites excluding steroid dienone is 2. The van der Waals surface area contributed by atoms with Crippen molar-refractivity contribution in [2.45, 2.75) is 58.7 Å². The van der Waals surface area contributed by atoms with Crippen LogP contribution in [0.5, 0.6) is 0 Å². The molecule has 4 rings (SSSR count). The van der Waals surface area contributed by atoms with Crippen LogP contribution in [0.15, 0.2) is 30.4 Å². The smallest absolute Gasteiger partial charge is 0.162 e. The number of rotatable bonds is 5. The van der Waals surface area contributed by atoms with Gasteiger partial charge in [0, 0.05) is 48.4 Å². The number of pyridine rings is 1. The zero-order valence-electron chi connectivity index (χ0n) is 18.5. The van der Waals surface area contributed by atoms with Gasteiger partial charge in [0.05, 0.1) is 11.7 Å². The predicted molar refractivity (Wildman–Crippen MR) is 119 cm³/mol. The predicted octanol–water partition coefficient (Wildman–Crippen LogP) is 4.03. The number of Topliss-reactive ketones (excluding diaryl/α,β-unsaturated/α-hetero) is 1. The summed E-state index contributed by atoms with van der Waals surface area (Å²) >= 11 is 0. The molecule has 164 valence electrons. The zero-order valence-corrected chi connectivity index (χ0v) is 18.5. The number of halogens is 1. The van der Waals surface area contributed by atoms with Gasteiger partial charge >= 0.3 is 0 Å². The third-order valence-electron chi connectivity index (χ3n) is 6.18. The molecule has 1 fully saturated rings. The van der Waals surface area contributed by atoms with Gasteiger partial charge in [-0.25, -0.2) is 4.39 Å². The van der Waals surface area contributed by atoms with E-state index in [-0.39, 0.29) is 5.78 Å². The quantitative estimate of drug-likeness (QED) is 0.625. The van der Waals surface area contributed by atoms with Crippen molar-refractivity contribution in [3.63, 3.8) is 0 Å². The molecule has 0 amide bonds. The Bertz CT molecular complexity index is 1160. The van der Waals surface area contributed by atoms with E-state index in [1.807, 2.05) is 24.0 Å². The second-order valence-electron chi connectivity index (χ2n) is 9.00. The fourth-order valence-corrected chi connectivity index (χ4v) is 4.48. The lowest BCUT2D eigenvalue weighted by molar-refractivity contribution is -0.111. The lowest BCUT2D eigenvalue weighted by atomic mass is 9.81. The molecule has 2 N–H and O–H groups in total. The second-order valence-corrected chi connectivity index (χ2v) is 9.00. The molecular weight excluding hydrogens is 395 g/mol. The Morgan fingerprint density at radius 3 is 2.58 bits per heavy atom. The molecule has 31 heavy (non-hydrogen) atoms. The third-order valence-corrected chi connectivity index (χ3v) is 6.18. The van der Waals surface area contributed by atoms with Crippen LogP contribution in [0.1, 0.15) is 52.0 Å². The molecule has 0 unspecified atom stereocenters. The van der Waals surface area contributed by atoms with Crippen molar-refractivity contribution in [2.75, 3.05) is 0 Å². The van der Waals surface area contributed by atoms with Gasteiger partial charge in [-0.2, -0.15) is 10.2 Å². The van der Waals surface area contributed by atoms with E-state index in [1.165, 1.54) is 6.92 Å². The van der Waals surface area contributed by atoms with Gasteiger partial charge in [-0.1, -0.05) is 0 Å². The Hall–Kier alpha value is -3.03. The summed E-state index contributed by atoms with van der Waals surface area (Å²) in [4.78, 5) is 16.8. The summed E-state index contributed by atoms with van der Waals surface area (Å²) in [6, 6.07) is 1.93. The van der Waals surface area contributed by atoms with Gasteiger partial charge < -0.3 is 5.73 Å². The number of hydrogen-bond acceptors (Lipinski definition) is 5. The standard InChI is InChI=1S/C23H29FN6O/c1-14(25)20(15(2)31)17-9-19-22(26-10-17)21(18-11-27-29(4)13-18)28-30(19)12-16-5-7-23(3,24)8-6-16/h9-11,13,16H,5-8,12,25H2,1-4H3. The second kappa shape index (κ2) is 7.90. The number of nitrogens with two attached hydrogens (primary N) is 1. The molecule has 8 heteroatoms. The van der Waals surface area contributed by atoms with Gasteiger partial charge in [-0.05, 0) is 58.4 Å². The minimum Gasteiger partial charge on any atom is -0.402 e. The number of ketones is 1. The van der Waals surface area contributed by atoms with Crippen molar-refractivity contribution < 1.29 is 9.18 Å². The molecule has 3 aromatic rings. The summed E-state index contributed by atoms with van der Waals surface area (Å²) in [6.45, 7) is 5.59. The summed E-state index contributed by atoms with van der Waals surface area (Å²) in [7, 11) is 1.86. The molecule has 0 aromatic carbocycles. The highest BCUT2D eigenvalue weighted by Gasteiger charge is 2.31. The highest BCUT2D eigenvalue weighted by atomic mass is 19.1. The lowest BCUT2D eigenvalue weighted by Crippen LogP contribution is -2.28. The molecule has 1 aliphatic rings. The van der Waals surface area contributed by atoms with E-state index < -0.39 is 5.67 Å². The largest absolute Gasteiger partial charge is 0.402 e. The first-order valence-corrected chi connectivity index (χ1v) is 10.7. The Balaban J connectivity index is 1.80. The number of aromatic nitrogens is 5. The average Bonchev–Trinajstić information content (AvgIpc) is 3.26. The number of nitrogens with zero attached hydrogens (tertiary/aromatic N) is 5. The number of hydrogen-bond donors (Lipinski definition) is 1. The van der Waals surface area contributed by atoms with Crippen LogP contribution in [0.2, 0.25) is 0 Å². The maximum Gasteiger partial charge on any atom is 0.162 e. The molecule has 0 spiro atoms. The van der Waals surface area contributed by atoms with Crippen LogP contribution >= 0.6 is 0 Å². The Morgan fingerprint density at radius 1 is 1.29 bits per heavy atom. The van der Waals surface area contributed by atoms with E-state index in [0.29, 0.717) is 42.1 Å². The van der Waals surface area contributed by atoms with Crippen LogP contribution < -0.4 is 5.73 Å². The number of aryl methyl sites for hydroxylation is 1. The normalized spacial score (nSPS) is 22.5. The summed E-state index contributed by atoms with van der Waals surface area (Å²) in [6.07, 6.45) is 8.13. The highest BCUT2D eigenvalue weighted by molar-refractivity contribution is 6.20. The third kappa shape index (κ3) is 4.24. The molecular formula is C23H29FN6O. The monoisotopic (exact) mass is 424 g/mol. The van der Waals surface area contributed by atoms with E-state index in [0.717, 1.165) is 35.1 Å². The van der Waals surface area contributed by atoms with Crippen molar-refractivity contribution in [3.05, 3.63) is 35.9 Å². The van der Waals surface area contributed by atoms with Gasteiger partial charge in [0.25, 0.3) is 0 Å². The minimum atomic E-state index is -1.07. The van der Waals surface area contributed by atoms with Crippen LogP contribution in [0.25, 0.3) is 27.9 Å². The van der Waals surface area contributed by atoms with E-state index in [1.54, 1.807) is 30.9 Å². The van der Waals surface area contributed by atoms with E-state index >= 15 is 0 Å².